The largest absolute Gasteiger partial charge is 0.379 e. The maximum Gasteiger partial charge on any atom is 0.279 e. The molecule has 0 aromatic carbocycles. The van der Waals surface area contributed by atoms with Crippen LogP contribution in [0.3, 0.4) is 0 Å². The molecule has 1 rings (SSSR count). The summed E-state index contributed by atoms with van der Waals surface area (Å²) in [4.78, 5) is 0. The first kappa shape index (κ1) is 16.4. The smallest absolute Gasteiger partial charge is 0.279 e. The number of nitrogens with zero attached hydrogens (tertiary/aromatic N) is 1. The van der Waals surface area contributed by atoms with Crippen molar-refractivity contribution in [2.45, 2.75) is 33.2 Å². The van der Waals surface area contributed by atoms with Crippen LogP contribution in [0.15, 0.2) is 0 Å². The maximum atomic E-state index is 12.3. The Bertz CT molecular complexity index is 348. The summed E-state index contributed by atoms with van der Waals surface area (Å²) in [5.74, 6) is 0. The molecule has 5 nitrogen and oxygen atoms in total. The molecular weight excluding hydrogens is 320 g/mol. The molecule has 1 saturated heterocycles. The van der Waals surface area contributed by atoms with Crippen molar-refractivity contribution in [3.8, 4) is 0 Å². The first-order valence-electron chi connectivity index (χ1n) is 6.18. The molecule has 0 aromatic heterocycles. The summed E-state index contributed by atoms with van der Waals surface area (Å²) in [6, 6.07) is -0.0790. The maximum absolute atomic E-state index is 12.3. The number of nitrogens with one attached hydrogen (secondary N) is 1. The van der Waals surface area contributed by atoms with Gasteiger partial charge in [0.15, 0.2) is 0 Å². The summed E-state index contributed by atoms with van der Waals surface area (Å²) >= 11 is 3.38. The number of alkyl halides is 1. The molecule has 0 bridgehead atoms. The molecule has 0 radical (unpaired) electrons. The molecule has 1 fully saturated rings. The van der Waals surface area contributed by atoms with E-state index in [0.717, 1.165) is 11.8 Å². The van der Waals surface area contributed by atoms with Crippen molar-refractivity contribution in [1.29, 1.82) is 0 Å². The van der Waals surface area contributed by atoms with Crippen molar-refractivity contribution in [2.75, 3.05) is 31.6 Å². The molecule has 1 heterocycles. The van der Waals surface area contributed by atoms with Gasteiger partial charge in [0, 0.05) is 24.5 Å². The van der Waals surface area contributed by atoms with Gasteiger partial charge in [0.05, 0.1) is 13.2 Å². The third-order valence-corrected chi connectivity index (χ3v) is 5.13. The zero-order valence-corrected chi connectivity index (χ0v) is 13.7. The number of rotatable bonds is 5. The van der Waals surface area contributed by atoms with Gasteiger partial charge in [0.25, 0.3) is 10.2 Å². The van der Waals surface area contributed by atoms with Gasteiger partial charge in [-0.2, -0.15) is 17.4 Å². The minimum atomic E-state index is -3.41. The number of hydrogen-bond acceptors (Lipinski definition) is 3. The number of morpholine rings is 1. The van der Waals surface area contributed by atoms with Gasteiger partial charge in [-0.05, 0) is 11.8 Å². The van der Waals surface area contributed by atoms with Crippen LogP contribution < -0.4 is 4.72 Å². The van der Waals surface area contributed by atoms with Crippen molar-refractivity contribution in [3.05, 3.63) is 0 Å². The van der Waals surface area contributed by atoms with Crippen LogP contribution in [-0.2, 0) is 14.9 Å². The quantitative estimate of drug-likeness (QED) is 0.767. The molecule has 1 N–H and O–H groups in total. The molecule has 1 aliphatic heterocycles. The summed E-state index contributed by atoms with van der Waals surface area (Å²) in [5.41, 5.74) is -0.104. The molecule has 1 atom stereocenters. The van der Waals surface area contributed by atoms with Crippen molar-refractivity contribution in [3.63, 3.8) is 0 Å². The first-order valence-corrected chi connectivity index (χ1v) is 8.74. The fourth-order valence-electron chi connectivity index (χ4n) is 1.82. The zero-order chi connectivity index (χ0) is 13.8. The molecule has 0 saturated carbocycles. The van der Waals surface area contributed by atoms with E-state index in [1.54, 1.807) is 0 Å². The summed E-state index contributed by atoms with van der Waals surface area (Å²) in [6.45, 7) is 7.94. The Morgan fingerprint density at radius 2 is 1.89 bits per heavy atom. The lowest BCUT2D eigenvalue weighted by atomic mass is 9.86. The van der Waals surface area contributed by atoms with Gasteiger partial charge in [0.1, 0.15) is 0 Å². The summed E-state index contributed by atoms with van der Waals surface area (Å²) < 4.78 is 34.0. The summed E-state index contributed by atoms with van der Waals surface area (Å²) in [7, 11) is -3.41. The second-order valence-electron chi connectivity index (χ2n) is 5.53. The minimum absolute atomic E-state index is 0.0790. The monoisotopic (exact) mass is 342 g/mol. The predicted molar refractivity (Wildman–Crippen MR) is 76.1 cm³/mol. The van der Waals surface area contributed by atoms with Gasteiger partial charge in [-0.3, -0.25) is 0 Å². The fourth-order valence-corrected chi connectivity index (χ4v) is 3.89. The van der Waals surface area contributed by atoms with E-state index >= 15 is 0 Å². The Hall–Kier alpha value is 0.310. The lowest BCUT2D eigenvalue weighted by Crippen LogP contribution is -2.52. The van der Waals surface area contributed by atoms with Crippen LogP contribution >= 0.6 is 15.9 Å². The molecule has 7 heteroatoms. The highest BCUT2D eigenvalue weighted by molar-refractivity contribution is 9.09. The second-order valence-corrected chi connectivity index (χ2v) is 8.03. The van der Waals surface area contributed by atoms with Gasteiger partial charge >= 0.3 is 0 Å². The lowest BCUT2D eigenvalue weighted by Gasteiger charge is -2.34. The SMILES string of the molecule is CC(C)(C)C(CCBr)NS(=O)(=O)N1CCOCC1. The van der Waals surface area contributed by atoms with Crippen molar-refractivity contribution in [1.82, 2.24) is 9.03 Å². The van der Waals surface area contributed by atoms with Crippen LogP contribution in [-0.4, -0.2) is 50.4 Å². The Kier molecular flexibility index (Phi) is 6.05. The Morgan fingerprint density at radius 3 is 2.33 bits per heavy atom. The second kappa shape index (κ2) is 6.65. The lowest BCUT2D eigenvalue weighted by molar-refractivity contribution is 0.0719. The third-order valence-electron chi connectivity index (χ3n) is 3.04. The molecule has 0 spiro atoms. The predicted octanol–water partition coefficient (Wildman–Crippen LogP) is 1.35. The van der Waals surface area contributed by atoms with E-state index in [2.05, 4.69) is 20.7 Å². The molecule has 0 aromatic rings. The molecule has 0 aliphatic carbocycles. The highest BCUT2D eigenvalue weighted by atomic mass is 79.9. The molecule has 108 valence electrons. The zero-order valence-electron chi connectivity index (χ0n) is 11.3. The van der Waals surface area contributed by atoms with E-state index in [4.69, 9.17) is 4.74 Å². The van der Waals surface area contributed by atoms with E-state index in [1.807, 2.05) is 20.8 Å². The van der Waals surface area contributed by atoms with Gasteiger partial charge in [-0.25, -0.2) is 0 Å². The summed E-state index contributed by atoms with van der Waals surface area (Å²) in [5, 5.41) is 0.778. The average Bonchev–Trinajstić information content (AvgIpc) is 2.28. The molecule has 1 aliphatic rings. The van der Waals surface area contributed by atoms with E-state index in [1.165, 1.54) is 4.31 Å². The average molecular weight is 343 g/mol. The highest BCUT2D eigenvalue weighted by Crippen LogP contribution is 2.23. The Morgan fingerprint density at radius 1 is 1.33 bits per heavy atom. The van der Waals surface area contributed by atoms with E-state index in [9.17, 15) is 8.42 Å². The van der Waals surface area contributed by atoms with Crippen LogP contribution in [0.1, 0.15) is 27.2 Å². The van der Waals surface area contributed by atoms with Crippen LogP contribution in [0.2, 0.25) is 0 Å². The number of ether oxygens (including phenoxy) is 1. The normalized spacial score (nSPS) is 20.9. The van der Waals surface area contributed by atoms with Gasteiger partial charge in [-0.1, -0.05) is 36.7 Å². The number of hydrogen-bond donors (Lipinski definition) is 1. The fraction of sp³-hybridized carbons (Fsp3) is 1.00. The molecular formula is C11H23BrN2O3S. The topological polar surface area (TPSA) is 58.6 Å². The molecule has 0 amide bonds. The van der Waals surface area contributed by atoms with E-state index in [0.29, 0.717) is 26.3 Å². The summed E-state index contributed by atoms with van der Waals surface area (Å²) in [6.07, 6.45) is 0.771. The number of halogens is 1. The van der Waals surface area contributed by atoms with E-state index < -0.39 is 10.2 Å². The first-order chi connectivity index (χ1) is 8.27. The highest BCUT2D eigenvalue weighted by Gasteiger charge is 2.32. The van der Waals surface area contributed by atoms with Gasteiger partial charge in [-0.15, -0.1) is 0 Å². The molecule has 18 heavy (non-hydrogen) atoms. The Balaban J connectivity index is 2.72. The molecule has 1 unspecified atom stereocenters. The third kappa shape index (κ3) is 4.77. The standard InChI is InChI=1S/C11H23BrN2O3S/c1-11(2,3)10(4-5-12)13-18(15,16)14-6-8-17-9-7-14/h10,13H,4-9H2,1-3H3. The van der Waals surface area contributed by atoms with Gasteiger partial charge in [0.2, 0.25) is 0 Å². The van der Waals surface area contributed by atoms with Crippen molar-refractivity contribution < 1.29 is 13.2 Å². The minimum Gasteiger partial charge on any atom is -0.379 e. The van der Waals surface area contributed by atoms with Crippen LogP contribution in [0, 0.1) is 5.41 Å². The van der Waals surface area contributed by atoms with Crippen LogP contribution in [0.4, 0.5) is 0 Å². The van der Waals surface area contributed by atoms with Crippen LogP contribution in [0.5, 0.6) is 0 Å². The van der Waals surface area contributed by atoms with Gasteiger partial charge < -0.3 is 4.74 Å². The Labute approximate surface area is 119 Å². The van der Waals surface area contributed by atoms with Crippen molar-refractivity contribution in [2.24, 2.45) is 5.41 Å². The van der Waals surface area contributed by atoms with Crippen LogP contribution in [0.25, 0.3) is 0 Å². The van der Waals surface area contributed by atoms with Crippen molar-refractivity contribution >= 4 is 26.1 Å². The van der Waals surface area contributed by atoms with E-state index in [-0.39, 0.29) is 11.5 Å².